The largest absolute Gasteiger partial charge is 0.366 e. The van der Waals surface area contributed by atoms with Crippen molar-refractivity contribution in [2.45, 2.75) is 20.8 Å². The van der Waals surface area contributed by atoms with Gasteiger partial charge in [0, 0.05) is 25.0 Å². The number of hydrogen-bond donors (Lipinski definition) is 1. The number of halogens is 2. The van der Waals surface area contributed by atoms with Crippen LogP contribution in [0.5, 0.6) is 0 Å². The third-order valence-electron chi connectivity index (χ3n) is 3.51. The molecular weight excluding hydrogens is 296 g/mol. The molecule has 1 N–H and O–H groups in total. The predicted octanol–water partition coefficient (Wildman–Crippen LogP) is 4.94. The molecule has 122 valence electrons. The monoisotopic (exact) mass is 317 g/mol. The van der Waals surface area contributed by atoms with Crippen LogP contribution in [-0.2, 0) is 0 Å². The molecule has 3 nitrogen and oxygen atoms in total. The number of rotatable bonds is 5. The zero-order valence-corrected chi connectivity index (χ0v) is 13.8. The van der Waals surface area contributed by atoms with Crippen molar-refractivity contribution in [1.29, 1.82) is 0 Å². The van der Waals surface area contributed by atoms with E-state index in [1.807, 2.05) is 38.8 Å². The molecule has 0 spiro atoms. The fourth-order valence-corrected chi connectivity index (χ4v) is 2.11. The summed E-state index contributed by atoms with van der Waals surface area (Å²) < 4.78 is 27.6. The summed E-state index contributed by atoms with van der Waals surface area (Å²) in [5.41, 5.74) is 3.10. The van der Waals surface area contributed by atoms with Crippen molar-refractivity contribution in [3.63, 3.8) is 0 Å². The lowest BCUT2D eigenvalue weighted by Gasteiger charge is -2.13. The standard InChI is InChI=1S/C18H21F2N3/c1-5-23(4)11-21-18-8-13(3)17(10-16(18)20)22-15-7-12(2)6-14(19)9-15/h6-11,22H,5H2,1-4H3/b21-11+. The highest BCUT2D eigenvalue weighted by atomic mass is 19.1. The minimum Gasteiger partial charge on any atom is -0.366 e. The average molecular weight is 317 g/mol. The van der Waals surface area contributed by atoms with Crippen LogP contribution < -0.4 is 5.32 Å². The smallest absolute Gasteiger partial charge is 0.150 e. The maximum Gasteiger partial charge on any atom is 0.150 e. The molecule has 0 atom stereocenters. The first-order valence-corrected chi connectivity index (χ1v) is 7.48. The van der Waals surface area contributed by atoms with Gasteiger partial charge >= 0.3 is 0 Å². The third kappa shape index (κ3) is 4.52. The van der Waals surface area contributed by atoms with Gasteiger partial charge in [-0.1, -0.05) is 0 Å². The topological polar surface area (TPSA) is 27.6 Å². The van der Waals surface area contributed by atoms with Gasteiger partial charge < -0.3 is 10.2 Å². The summed E-state index contributed by atoms with van der Waals surface area (Å²) in [6.07, 6.45) is 1.60. The number of aryl methyl sites for hydroxylation is 2. The summed E-state index contributed by atoms with van der Waals surface area (Å²) in [6.45, 7) is 6.45. The van der Waals surface area contributed by atoms with E-state index in [0.717, 1.165) is 17.7 Å². The van der Waals surface area contributed by atoms with Gasteiger partial charge in [-0.05, 0) is 62.2 Å². The van der Waals surface area contributed by atoms with Crippen molar-refractivity contribution in [2.24, 2.45) is 4.99 Å². The molecule has 0 radical (unpaired) electrons. The van der Waals surface area contributed by atoms with E-state index in [-0.39, 0.29) is 11.5 Å². The van der Waals surface area contributed by atoms with E-state index in [1.54, 1.807) is 12.4 Å². The Kier molecular flexibility index (Phi) is 5.32. The van der Waals surface area contributed by atoms with Gasteiger partial charge in [-0.25, -0.2) is 13.8 Å². The highest BCUT2D eigenvalue weighted by molar-refractivity contribution is 5.69. The van der Waals surface area contributed by atoms with E-state index < -0.39 is 5.82 Å². The average Bonchev–Trinajstić information content (AvgIpc) is 2.47. The molecule has 0 aliphatic carbocycles. The highest BCUT2D eigenvalue weighted by Crippen LogP contribution is 2.28. The number of nitrogens with zero attached hydrogens (tertiary/aromatic N) is 2. The Morgan fingerprint density at radius 2 is 1.87 bits per heavy atom. The van der Waals surface area contributed by atoms with E-state index in [1.165, 1.54) is 18.2 Å². The second-order valence-corrected chi connectivity index (χ2v) is 5.58. The first-order chi connectivity index (χ1) is 10.9. The molecule has 0 unspecified atom stereocenters. The highest BCUT2D eigenvalue weighted by Gasteiger charge is 2.08. The van der Waals surface area contributed by atoms with E-state index in [4.69, 9.17) is 0 Å². The number of aliphatic imine (C=N–C) groups is 1. The number of benzene rings is 2. The Bertz CT molecular complexity index is 706. The van der Waals surface area contributed by atoms with Gasteiger partial charge in [0.05, 0.1) is 6.34 Å². The van der Waals surface area contributed by atoms with Gasteiger partial charge in [-0.2, -0.15) is 0 Å². The van der Waals surface area contributed by atoms with Gasteiger partial charge in [0.25, 0.3) is 0 Å². The molecule has 2 aromatic rings. The minimum atomic E-state index is -0.424. The molecule has 2 rings (SSSR count). The van der Waals surface area contributed by atoms with Crippen LogP contribution in [0.3, 0.4) is 0 Å². The zero-order valence-electron chi connectivity index (χ0n) is 13.8. The molecule has 0 bridgehead atoms. The maximum absolute atomic E-state index is 14.2. The molecule has 0 amide bonds. The Morgan fingerprint density at radius 3 is 2.52 bits per heavy atom. The van der Waals surface area contributed by atoms with Crippen LogP contribution >= 0.6 is 0 Å². The second-order valence-electron chi connectivity index (χ2n) is 5.58. The van der Waals surface area contributed by atoms with E-state index in [0.29, 0.717) is 11.4 Å². The van der Waals surface area contributed by atoms with Crippen molar-refractivity contribution in [3.05, 3.63) is 53.1 Å². The maximum atomic E-state index is 14.2. The second kappa shape index (κ2) is 7.22. The van der Waals surface area contributed by atoms with Crippen molar-refractivity contribution in [2.75, 3.05) is 18.9 Å². The summed E-state index contributed by atoms with van der Waals surface area (Å²) in [4.78, 5) is 6.01. The van der Waals surface area contributed by atoms with Crippen LogP contribution in [0.2, 0.25) is 0 Å². The van der Waals surface area contributed by atoms with Crippen LogP contribution in [0.4, 0.5) is 25.8 Å². The van der Waals surface area contributed by atoms with Gasteiger partial charge in [-0.3, -0.25) is 0 Å². The first-order valence-electron chi connectivity index (χ1n) is 7.48. The predicted molar refractivity (Wildman–Crippen MR) is 92.0 cm³/mol. The molecule has 5 heteroatoms. The summed E-state index contributed by atoms with van der Waals surface area (Å²) in [7, 11) is 1.87. The summed E-state index contributed by atoms with van der Waals surface area (Å²) in [5, 5.41) is 3.06. The molecule has 0 aliphatic rings. The fraction of sp³-hybridized carbons (Fsp3) is 0.278. The summed E-state index contributed by atoms with van der Waals surface area (Å²) in [6, 6.07) is 7.69. The van der Waals surface area contributed by atoms with Gasteiger partial charge in [0.1, 0.15) is 11.5 Å². The number of hydrogen-bond acceptors (Lipinski definition) is 2. The Morgan fingerprint density at radius 1 is 1.13 bits per heavy atom. The van der Waals surface area contributed by atoms with Crippen LogP contribution in [0.15, 0.2) is 35.3 Å². The van der Waals surface area contributed by atoms with Crippen LogP contribution in [0.25, 0.3) is 0 Å². The van der Waals surface area contributed by atoms with E-state index in [2.05, 4.69) is 10.3 Å². The molecule has 0 saturated carbocycles. The molecule has 23 heavy (non-hydrogen) atoms. The molecule has 0 fully saturated rings. The van der Waals surface area contributed by atoms with Crippen molar-refractivity contribution < 1.29 is 8.78 Å². The van der Waals surface area contributed by atoms with Gasteiger partial charge in [-0.15, -0.1) is 0 Å². The number of nitrogens with one attached hydrogen (secondary N) is 1. The normalized spacial score (nSPS) is 11.0. The molecule has 0 aliphatic heterocycles. The van der Waals surface area contributed by atoms with Crippen molar-refractivity contribution in [1.82, 2.24) is 4.90 Å². The quantitative estimate of drug-likeness (QED) is 0.625. The summed E-state index contributed by atoms with van der Waals surface area (Å²) in [5.74, 6) is -0.749. The first kappa shape index (κ1) is 16.9. The van der Waals surface area contributed by atoms with Gasteiger partial charge in [0.2, 0.25) is 0 Å². The number of anilines is 2. The van der Waals surface area contributed by atoms with Gasteiger partial charge in [0.15, 0.2) is 5.82 Å². The Balaban J connectivity index is 2.27. The lowest BCUT2D eigenvalue weighted by atomic mass is 10.1. The SMILES string of the molecule is CCN(C)/C=N/c1cc(C)c(Nc2cc(C)cc(F)c2)cc1F. The lowest BCUT2D eigenvalue weighted by Crippen LogP contribution is -2.14. The molecule has 0 aromatic heterocycles. The van der Waals surface area contributed by atoms with Crippen molar-refractivity contribution in [3.8, 4) is 0 Å². The van der Waals surface area contributed by atoms with E-state index in [9.17, 15) is 8.78 Å². The zero-order chi connectivity index (χ0) is 17.0. The molecular formula is C18H21F2N3. The minimum absolute atomic E-state index is 0.281. The molecule has 0 saturated heterocycles. The Labute approximate surface area is 135 Å². The fourth-order valence-electron chi connectivity index (χ4n) is 2.11. The Hall–Kier alpha value is -2.43. The molecule has 0 heterocycles. The van der Waals surface area contributed by atoms with Crippen LogP contribution in [0.1, 0.15) is 18.1 Å². The van der Waals surface area contributed by atoms with Crippen molar-refractivity contribution >= 4 is 23.4 Å². The summed E-state index contributed by atoms with van der Waals surface area (Å²) >= 11 is 0. The third-order valence-corrected chi connectivity index (χ3v) is 3.51. The van der Waals surface area contributed by atoms with Crippen LogP contribution in [0, 0.1) is 25.5 Å². The van der Waals surface area contributed by atoms with Crippen LogP contribution in [-0.4, -0.2) is 24.8 Å². The lowest BCUT2D eigenvalue weighted by molar-refractivity contribution is 0.551. The van der Waals surface area contributed by atoms with E-state index >= 15 is 0 Å². The molecule has 2 aromatic carbocycles.